The molecule has 0 spiro atoms. The third-order valence-corrected chi connectivity index (χ3v) is 5.61. The minimum atomic E-state index is -0.791. The first-order chi connectivity index (χ1) is 14.4. The molecule has 0 saturated heterocycles. The van der Waals surface area contributed by atoms with Gasteiger partial charge in [0, 0.05) is 35.6 Å². The molecule has 0 aliphatic carbocycles. The van der Waals surface area contributed by atoms with E-state index < -0.39 is 5.97 Å². The maximum Gasteiger partial charge on any atom is 0.303 e. The zero-order valence-electron chi connectivity index (χ0n) is 17.1. The van der Waals surface area contributed by atoms with Gasteiger partial charge in [-0.3, -0.25) is 14.5 Å². The molecule has 1 unspecified atom stereocenters. The molecule has 0 aliphatic heterocycles. The van der Waals surface area contributed by atoms with Crippen molar-refractivity contribution in [3.05, 3.63) is 69.7 Å². The van der Waals surface area contributed by atoms with Crippen molar-refractivity contribution in [3.63, 3.8) is 0 Å². The van der Waals surface area contributed by atoms with E-state index in [0.717, 1.165) is 24.1 Å². The quantitative estimate of drug-likeness (QED) is 0.447. The van der Waals surface area contributed by atoms with Crippen LogP contribution in [0.25, 0.3) is 0 Å². The Balaban J connectivity index is 1.85. The van der Waals surface area contributed by atoms with E-state index in [1.165, 1.54) is 0 Å². The van der Waals surface area contributed by atoms with E-state index in [-0.39, 0.29) is 24.8 Å². The fourth-order valence-corrected chi connectivity index (χ4v) is 3.60. The highest BCUT2D eigenvalue weighted by Gasteiger charge is 2.16. The second kappa shape index (κ2) is 12.6. The van der Waals surface area contributed by atoms with Gasteiger partial charge < -0.3 is 10.4 Å². The normalized spacial score (nSPS) is 12.0. The molecule has 0 aromatic heterocycles. The van der Waals surface area contributed by atoms with Gasteiger partial charge in [-0.15, -0.1) is 0 Å². The lowest BCUT2D eigenvalue weighted by atomic mass is 10.1. The van der Waals surface area contributed by atoms with Crippen LogP contribution >= 0.6 is 23.2 Å². The van der Waals surface area contributed by atoms with Crippen molar-refractivity contribution in [2.45, 2.75) is 38.6 Å². The fourth-order valence-electron chi connectivity index (χ4n) is 3.27. The highest BCUT2D eigenvalue weighted by atomic mass is 35.5. The summed E-state index contributed by atoms with van der Waals surface area (Å²) in [5.74, 6) is -0.854. The summed E-state index contributed by atoms with van der Waals surface area (Å²) in [6, 6.07) is 15.1. The molecule has 0 bridgehead atoms. The summed E-state index contributed by atoms with van der Waals surface area (Å²) in [6.07, 6.45) is 1.73. The first kappa shape index (κ1) is 24.2. The number of hydrogen-bond acceptors (Lipinski definition) is 3. The average molecular weight is 451 g/mol. The van der Waals surface area contributed by atoms with Crippen LogP contribution in [-0.4, -0.2) is 41.5 Å². The summed E-state index contributed by atoms with van der Waals surface area (Å²) in [7, 11) is 0. The van der Waals surface area contributed by atoms with Crippen LogP contribution in [0.3, 0.4) is 0 Å². The van der Waals surface area contributed by atoms with Crippen LogP contribution in [0.4, 0.5) is 0 Å². The lowest BCUT2D eigenvalue weighted by molar-refractivity contribution is -0.137. The Bertz CT molecular complexity index is 827. The SMILES string of the molecule is CC(c1ccc(Cl)cc1)N(CCCNC(=O)Cc1ccccc1Cl)CCCC(=O)O. The van der Waals surface area contributed by atoms with E-state index in [1.807, 2.05) is 42.5 Å². The van der Waals surface area contributed by atoms with Gasteiger partial charge in [0.05, 0.1) is 6.42 Å². The van der Waals surface area contributed by atoms with Crippen molar-refractivity contribution in [3.8, 4) is 0 Å². The average Bonchev–Trinajstić information content (AvgIpc) is 2.71. The predicted octanol–water partition coefficient (Wildman–Crippen LogP) is 4.97. The van der Waals surface area contributed by atoms with E-state index in [0.29, 0.717) is 29.6 Å². The van der Waals surface area contributed by atoms with Gasteiger partial charge in [0.25, 0.3) is 0 Å². The largest absolute Gasteiger partial charge is 0.481 e. The maximum atomic E-state index is 12.2. The van der Waals surface area contributed by atoms with E-state index in [9.17, 15) is 9.59 Å². The molecule has 0 aliphatic rings. The molecule has 0 saturated carbocycles. The first-order valence-electron chi connectivity index (χ1n) is 10.1. The fraction of sp³-hybridized carbons (Fsp3) is 0.391. The van der Waals surface area contributed by atoms with Gasteiger partial charge in [-0.2, -0.15) is 0 Å². The number of aliphatic carboxylic acids is 1. The number of hydrogen-bond donors (Lipinski definition) is 2. The van der Waals surface area contributed by atoms with Crippen LogP contribution in [0.15, 0.2) is 48.5 Å². The minimum Gasteiger partial charge on any atom is -0.481 e. The number of benzene rings is 2. The molecule has 2 N–H and O–H groups in total. The number of carbonyl (C=O) groups is 2. The smallest absolute Gasteiger partial charge is 0.303 e. The van der Waals surface area contributed by atoms with Crippen molar-refractivity contribution >= 4 is 35.1 Å². The topological polar surface area (TPSA) is 69.6 Å². The number of nitrogens with zero attached hydrogens (tertiary/aromatic N) is 1. The predicted molar refractivity (Wildman–Crippen MR) is 121 cm³/mol. The van der Waals surface area contributed by atoms with Crippen LogP contribution in [0, 0.1) is 0 Å². The number of carbonyl (C=O) groups excluding carboxylic acids is 1. The molecule has 2 rings (SSSR count). The second-order valence-corrected chi connectivity index (χ2v) is 8.08. The van der Waals surface area contributed by atoms with Gasteiger partial charge in [0.1, 0.15) is 0 Å². The summed E-state index contributed by atoms with van der Waals surface area (Å²) in [6.45, 7) is 4.06. The van der Waals surface area contributed by atoms with Gasteiger partial charge in [-0.1, -0.05) is 53.5 Å². The molecule has 1 atom stereocenters. The van der Waals surface area contributed by atoms with Crippen molar-refractivity contribution in [1.82, 2.24) is 10.2 Å². The number of carboxylic acids is 1. The Morgan fingerprint density at radius 2 is 1.70 bits per heavy atom. The van der Waals surface area contributed by atoms with Gasteiger partial charge in [0.2, 0.25) is 5.91 Å². The first-order valence-corrected chi connectivity index (χ1v) is 10.8. The Labute approximate surface area is 188 Å². The summed E-state index contributed by atoms with van der Waals surface area (Å²) in [5.41, 5.74) is 1.93. The van der Waals surface area contributed by atoms with Gasteiger partial charge in [-0.05, 0) is 55.6 Å². The van der Waals surface area contributed by atoms with E-state index in [4.69, 9.17) is 28.3 Å². The molecular formula is C23H28Cl2N2O3. The van der Waals surface area contributed by atoms with Crippen molar-refractivity contribution < 1.29 is 14.7 Å². The zero-order chi connectivity index (χ0) is 21.9. The molecule has 7 heteroatoms. The summed E-state index contributed by atoms with van der Waals surface area (Å²) < 4.78 is 0. The van der Waals surface area contributed by atoms with Gasteiger partial charge >= 0.3 is 5.97 Å². The minimum absolute atomic E-state index is 0.0636. The van der Waals surface area contributed by atoms with Crippen LogP contribution in [0.5, 0.6) is 0 Å². The number of carboxylic acid groups (broad SMARTS) is 1. The highest BCUT2D eigenvalue weighted by molar-refractivity contribution is 6.31. The Hall–Kier alpha value is -2.08. The van der Waals surface area contributed by atoms with Crippen LogP contribution in [0.2, 0.25) is 10.0 Å². The third kappa shape index (κ3) is 8.34. The molecule has 0 radical (unpaired) electrons. The van der Waals surface area contributed by atoms with Crippen molar-refractivity contribution in [1.29, 1.82) is 0 Å². The lowest BCUT2D eigenvalue weighted by Crippen LogP contribution is -2.33. The summed E-state index contributed by atoms with van der Waals surface area (Å²) in [4.78, 5) is 25.3. The molecule has 1 amide bonds. The van der Waals surface area contributed by atoms with Crippen LogP contribution < -0.4 is 5.32 Å². The molecule has 2 aromatic carbocycles. The van der Waals surface area contributed by atoms with E-state index in [1.54, 1.807) is 6.07 Å². The number of rotatable bonds is 12. The molecule has 0 heterocycles. The molecule has 5 nitrogen and oxygen atoms in total. The lowest BCUT2D eigenvalue weighted by Gasteiger charge is -2.29. The summed E-state index contributed by atoms with van der Waals surface area (Å²) >= 11 is 12.1. The summed E-state index contributed by atoms with van der Waals surface area (Å²) in [5, 5.41) is 13.2. The second-order valence-electron chi connectivity index (χ2n) is 7.23. The van der Waals surface area contributed by atoms with Gasteiger partial charge in [0.15, 0.2) is 0 Å². The maximum absolute atomic E-state index is 12.2. The standard InChI is InChI=1S/C23H28Cl2N2O3/c1-17(18-9-11-20(24)12-10-18)27(14-4-8-23(29)30)15-5-13-26-22(28)16-19-6-2-3-7-21(19)25/h2-3,6-7,9-12,17H,4-5,8,13-16H2,1H3,(H,26,28)(H,29,30). The Morgan fingerprint density at radius 1 is 1.03 bits per heavy atom. The van der Waals surface area contributed by atoms with Crippen molar-refractivity contribution in [2.24, 2.45) is 0 Å². The number of halogens is 2. The highest BCUT2D eigenvalue weighted by Crippen LogP contribution is 2.22. The molecule has 2 aromatic rings. The van der Waals surface area contributed by atoms with Gasteiger partial charge in [-0.25, -0.2) is 0 Å². The molecule has 30 heavy (non-hydrogen) atoms. The zero-order valence-corrected chi connectivity index (χ0v) is 18.6. The van der Waals surface area contributed by atoms with Crippen molar-refractivity contribution in [2.75, 3.05) is 19.6 Å². The molecule has 0 fully saturated rings. The van der Waals surface area contributed by atoms with E-state index >= 15 is 0 Å². The Morgan fingerprint density at radius 3 is 2.37 bits per heavy atom. The number of amides is 1. The Kier molecular flexibility index (Phi) is 10.1. The molecule has 162 valence electrons. The number of nitrogens with one attached hydrogen (secondary N) is 1. The molecular weight excluding hydrogens is 423 g/mol. The van der Waals surface area contributed by atoms with E-state index in [2.05, 4.69) is 17.1 Å². The monoisotopic (exact) mass is 450 g/mol. The van der Waals surface area contributed by atoms with Crippen LogP contribution in [0.1, 0.15) is 43.4 Å². The van der Waals surface area contributed by atoms with Crippen LogP contribution in [-0.2, 0) is 16.0 Å². The third-order valence-electron chi connectivity index (χ3n) is 4.99.